The van der Waals surface area contributed by atoms with E-state index in [-0.39, 0.29) is 12.4 Å². The molecule has 4 N–H and O–H groups in total. The van der Waals surface area contributed by atoms with Crippen LogP contribution in [0.4, 0.5) is 0 Å². The standard InChI is InChI=1S/C22H33NO4S/c1-17(6-3-2-4-11-27-12-10-20-7-5-13-28-20)23-15-22(26)18-8-9-21(25)19(14-18)16-24/h5,7-9,13-14,17,22-26H,2-4,6,10-12,15-16H2,1H3. The lowest BCUT2D eigenvalue weighted by Gasteiger charge is -2.18. The van der Waals surface area contributed by atoms with E-state index in [2.05, 4.69) is 29.8 Å². The molecule has 0 aliphatic rings. The van der Waals surface area contributed by atoms with E-state index in [0.717, 1.165) is 45.3 Å². The average Bonchev–Trinajstić information content (AvgIpc) is 3.22. The smallest absolute Gasteiger partial charge is 0.121 e. The summed E-state index contributed by atoms with van der Waals surface area (Å²) in [5.41, 5.74) is 1.13. The Bertz CT molecular complexity index is 663. The first kappa shape index (κ1) is 22.8. The summed E-state index contributed by atoms with van der Waals surface area (Å²) in [7, 11) is 0. The molecule has 1 aromatic heterocycles. The van der Waals surface area contributed by atoms with E-state index < -0.39 is 6.10 Å². The van der Waals surface area contributed by atoms with Gasteiger partial charge in [0.25, 0.3) is 0 Å². The molecule has 1 heterocycles. The highest BCUT2D eigenvalue weighted by atomic mass is 32.1. The number of hydrogen-bond acceptors (Lipinski definition) is 6. The van der Waals surface area contributed by atoms with Crippen LogP contribution < -0.4 is 5.32 Å². The van der Waals surface area contributed by atoms with Gasteiger partial charge in [-0.2, -0.15) is 0 Å². The van der Waals surface area contributed by atoms with Crippen LogP contribution >= 0.6 is 11.3 Å². The molecule has 2 rings (SSSR count). The van der Waals surface area contributed by atoms with Crippen LogP contribution in [-0.2, 0) is 17.8 Å². The molecule has 0 fully saturated rings. The van der Waals surface area contributed by atoms with Crippen molar-refractivity contribution in [2.24, 2.45) is 0 Å². The Labute approximate surface area is 172 Å². The van der Waals surface area contributed by atoms with E-state index in [1.807, 2.05) is 0 Å². The lowest BCUT2D eigenvalue weighted by molar-refractivity contribution is 0.133. The molecule has 6 heteroatoms. The molecule has 0 amide bonds. The van der Waals surface area contributed by atoms with Crippen molar-refractivity contribution < 1.29 is 20.1 Å². The number of benzene rings is 1. The molecule has 1 aromatic carbocycles. The average molecular weight is 408 g/mol. The van der Waals surface area contributed by atoms with Crippen LogP contribution in [0.25, 0.3) is 0 Å². The third-order valence-corrected chi connectivity index (χ3v) is 5.75. The number of unbranched alkanes of at least 4 members (excludes halogenated alkanes) is 2. The molecule has 28 heavy (non-hydrogen) atoms. The van der Waals surface area contributed by atoms with Crippen LogP contribution in [-0.4, -0.2) is 41.1 Å². The van der Waals surface area contributed by atoms with Gasteiger partial charge in [-0.15, -0.1) is 11.3 Å². The van der Waals surface area contributed by atoms with Gasteiger partial charge in [0.2, 0.25) is 0 Å². The summed E-state index contributed by atoms with van der Waals surface area (Å²) in [5.74, 6) is 0.0512. The van der Waals surface area contributed by atoms with Crippen LogP contribution in [0.3, 0.4) is 0 Å². The first-order chi connectivity index (χ1) is 13.6. The van der Waals surface area contributed by atoms with Crippen molar-refractivity contribution in [2.75, 3.05) is 19.8 Å². The Hall–Kier alpha value is -1.44. The number of nitrogens with one attached hydrogen (secondary N) is 1. The van der Waals surface area contributed by atoms with Gasteiger partial charge in [-0.1, -0.05) is 25.0 Å². The van der Waals surface area contributed by atoms with Crippen molar-refractivity contribution in [1.82, 2.24) is 5.32 Å². The monoisotopic (exact) mass is 407 g/mol. The molecular formula is C22H33NO4S. The number of hydrogen-bond donors (Lipinski definition) is 4. The Morgan fingerprint density at radius 1 is 1.14 bits per heavy atom. The van der Waals surface area contributed by atoms with Gasteiger partial charge in [0.15, 0.2) is 0 Å². The summed E-state index contributed by atoms with van der Waals surface area (Å²) in [5, 5.41) is 34.6. The summed E-state index contributed by atoms with van der Waals surface area (Å²) in [6.07, 6.45) is 4.75. The summed E-state index contributed by atoms with van der Waals surface area (Å²) in [4.78, 5) is 1.38. The van der Waals surface area contributed by atoms with E-state index in [1.165, 1.54) is 10.9 Å². The number of rotatable bonds is 14. The van der Waals surface area contributed by atoms with Gasteiger partial charge in [-0.3, -0.25) is 0 Å². The minimum Gasteiger partial charge on any atom is -0.508 e. The molecule has 0 spiro atoms. The zero-order chi connectivity index (χ0) is 20.2. The van der Waals surface area contributed by atoms with E-state index in [0.29, 0.717) is 23.7 Å². The van der Waals surface area contributed by atoms with Gasteiger partial charge in [-0.25, -0.2) is 0 Å². The maximum atomic E-state index is 10.3. The maximum absolute atomic E-state index is 10.3. The fourth-order valence-corrected chi connectivity index (χ4v) is 3.72. The maximum Gasteiger partial charge on any atom is 0.121 e. The second-order valence-electron chi connectivity index (χ2n) is 7.16. The topological polar surface area (TPSA) is 82.0 Å². The molecule has 5 nitrogen and oxygen atoms in total. The van der Waals surface area contributed by atoms with Crippen LogP contribution in [0.1, 0.15) is 54.7 Å². The lowest BCUT2D eigenvalue weighted by Crippen LogP contribution is -2.30. The molecular weight excluding hydrogens is 374 g/mol. The van der Waals surface area contributed by atoms with Gasteiger partial charge in [0, 0.05) is 36.1 Å². The van der Waals surface area contributed by atoms with E-state index in [9.17, 15) is 15.3 Å². The van der Waals surface area contributed by atoms with Crippen LogP contribution in [0.15, 0.2) is 35.7 Å². The zero-order valence-electron chi connectivity index (χ0n) is 16.6. The second kappa shape index (κ2) is 12.9. The number of aromatic hydroxyl groups is 1. The fraction of sp³-hybridized carbons (Fsp3) is 0.545. The van der Waals surface area contributed by atoms with Crippen molar-refractivity contribution in [3.63, 3.8) is 0 Å². The minimum absolute atomic E-state index is 0.0512. The number of aliphatic hydroxyl groups excluding tert-OH is 2. The molecule has 0 aliphatic carbocycles. The van der Waals surface area contributed by atoms with Crippen molar-refractivity contribution in [3.05, 3.63) is 51.7 Å². The molecule has 156 valence electrons. The highest BCUT2D eigenvalue weighted by Gasteiger charge is 2.11. The zero-order valence-corrected chi connectivity index (χ0v) is 17.5. The van der Waals surface area contributed by atoms with Crippen molar-refractivity contribution >= 4 is 11.3 Å². The molecule has 0 bridgehead atoms. The second-order valence-corrected chi connectivity index (χ2v) is 8.19. The molecule has 2 unspecified atom stereocenters. The Kier molecular flexibility index (Phi) is 10.5. The molecule has 2 aromatic rings. The van der Waals surface area contributed by atoms with Crippen molar-refractivity contribution in [1.29, 1.82) is 0 Å². The molecule has 0 aliphatic heterocycles. The van der Waals surface area contributed by atoms with Crippen LogP contribution in [0, 0.1) is 0 Å². The number of ether oxygens (including phenoxy) is 1. The van der Waals surface area contributed by atoms with Gasteiger partial charge in [0.1, 0.15) is 5.75 Å². The van der Waals surface area contributed by atoms with Gasteiger partial charge in [-0.05, 0) is 48.9 Å². The SMILES string of the molecule is CC(CCCCCOCCc1cccs1)NCC(O)c1ccc(O)c(CO)c1. The quantitative estimate of drug-likeness (QED) is 0.358. The predicted molar refractivity (Wildman–Crippen MR) is 114 cm³/mol. The molecule has 0 saturated heterocycles. The summed E-state index contributed by atoms with van der Waals surface area (Å²) in [6.45, 7) is 3.95. The van der Waals surface area contributed by atoms with Crippen molar-refractivity contribution in [2.45, 2.75) is 57.8 Å². The summed E-state index contributed by atoms with van der Waals surface area (Å²) < 4.78 is 5.69. The number of phenols is 1. The van der Waals surface area contributed by atoms with Gasteiger partial charge < -0.3 is 25.4 Å². The molecule has 2 atom stereocenters. The first-order valence-corrected chi connectivity index (χ1v) is 10.9. The van der Waals surface area contributed by atoms with Crippen LogP contribution in [0.2, 0.25) is 0 Å². The predicted octanol–water partition coefficient (Wildman–Crippen LogP) is 3.78. The molecule has 0 saturated carbocycles. The lowest BCUT2D eigenvalue weighted by atomic mass is 10.0. The van der Waals surface area contributed by atoms with Gasteiger partial charge >= 0.3 is 0 Å². The van der Waals surface area contributed by atoms with Crippen LogP contribution in [0.5, 0.6) is 5.75 Å². The summed E-state index contributed by atoms with van der Waals surface area (Å²) in [6, 6.07) is 9.38. The number of thiophene rings is 1. The summed E-state index contributed by atoms with van der Waals surface area (Å²) >= 11 is 1.78. The Morgan fingerprint density at radius 2 is 2.00 bits per heavy atom. The highest BCUT2D eigenvalue weighted by molar-refractivity contribution is 7.09. The molecule has 0 radical (unpaired) electrons. The Balaban J connectivity index is 1.50. The van der Waals surface area contributed by atoms with Crippen molar-refractivity contribution in [3.8, 4) is 5.75 Å². The third kappa shape index (κ3) is 8.29. The van der Waals surface area contributed by atoms with Gasteiger partial charge in [0.05, 0.1) is 19.3 Å². The van der Waals surface area contributed by atoms with E-state index in [1.54, 1.807) is 23.5 Å². The Morgan fingerprint density at radius 3 is 2.75 bits per heavy atom. The normalized spacial score (nSPS) is 13.5. The minimum atomic E-state index is -0.662. The fourth-order valence-electron chi connectivity index (χ4n) is 3.03. The highest BCUT2D eigenvalue weighted by Crippen LogP contribution is 2.22. The third-order valence-electron chi connectivity index (χ3n) is 4.82. The van der Waals surface area contributed by atoms with E-state index in [4.69, 9.17) is 4.74 Å². The number of aliphatic hydroxyl groups is 2. The first-order valence-electron chi connectivity index (χ1n) is 10.0. The largest absolute Gasteiger partial charge is 0.508 e. The van der Waals surface area contributed by atoms with E-state index >= 15 is 0 Å².